The number of alkyl halides is 3. The zero-order valence-corrected chi connectivity index (χ0v) is 20.3. The lowest BCUT2D eigenvalue weighted by molar-refractivity contribution is -0.137. The van der Waals surface area contributed by atoms with Crippen LogP contribution in [0.3, 0.4) is 0 Å². The number of benzene rings is 2. The van der Waals surface area contributed by atoms with Gasteiger partial charge in [-0.1, -0.05) is 42.5 Å². The number of carbonyl (C=O) groups excluding carboxylic acids is 1. The van der Waals surface area contributed by atoms with Gasteiger partial charge in [0.2, 0.25) is 5.91 Å². The van der Waals surface area contributed by atoms with Crippen LogP contribution in [0.15, 0.2) is 73.1 Å². The average Bonchev–Trinajstić information content (AvgIpc) is 3.31. The first-order chi connectivity index (χ1) is 17.1. The summed E-state index contributed by atoms with van der Waals surface area (Å²) in [5, 5.41) is 4.51. The molecule has 0 aliphatic rings. The molecule has 0 aliphatic heterocycles. The zero-order valence-electron chi connectivity index (χ0n) is 20.3. The Balaban J connectivity index is 1.81. The highest BCUT2D eigenvalue weighted by atomic mass is 19.4. The standard InChI is InChI=1S/C27H27F3N4O2/c1-26(17-19-7-5-4-6-8-19,25(35)33(2)15-16-36-3)23-13-14-31-24-22(18-32-34(23)24)20-9-11-21(12-10-20)27(28,29)30/h4-14,18H,15-17H2,1-3H3/t26-/m1/s1. The monoisotopic (exact) mass is 496 g/mol. The third kappa shape index (κ3) is 4.97. The zero-order chi connectivity index (χ0) is 25.9. The lowest BCUT2D eigenvalue weighted by atomic mass is 9.78. The Morgan fingerprint density at radius 1 is 1.06 bits per heavy atom. The van der Waals surface area contributed by atoms with Crippen molar-refractivity contribution in [1.82, 2.24) is 19.5 Å². The van der Waals surface area contributed by atoms with Crippen LogP contribution in [0.1, 0.15) is 23.7 Å². The second kappa shape index (κ2) is 10.1. The van der Waals surface area contributed by atoms with Crippen molar-refractivity contribution in [1.29, 1.82) is 0 Å². The van der Waals surface area contributed by atoms with E-state index >= 15 is 0 Å². The molecule has 9 heteroatoms. The van der Waals surface area contributed by atoms with Crippen LogP contribution in [0.5, 0.6) is 0 Å². The molecule has 1 amide bonds. The minimum absolute atomic E-state index is 0.109. The summed E-state index contributed by atoms with van der Waals surface area (Å²) >= 11 is 0. The van der Waals surface area contributed by atoms with Crippen molar-refractivity contribution in [2.24, 2.45) is 0 Å². The third-order valence-electron chi connectivity index (χ3n) is 6.34. The molecule has 188 valence electrons. The van der Waals surface area contributed by atoms with Crippen LogP contribution < -0.4 is 0 Å². The maximum absolute atomic E-state index is 13.8. The van der Waals surface area contributed by atoms with Gasteiger partial charge in [0.25, 0.3) is 0 Å². The highest BCUT2D eigenvalue weighted by Gasteiger charge is 2.40. The van der Waals surface area contributed by atoms with Gasteiger partial charge in [-0.05, 0) is 42.7 Å². The lowest BCUT2D eigenvalue weighted by Gasteiger charge is -2.33. The number of hydrogen-bond acceptors (Lipinski definition) is 4. The van der Waals surface area contributed by atoms with E-state index in [4.69, 9.17) is 4.74 Å². The summed E-state index contributed by atoms with van der Waals surface area (Å²) in [5.41, 5.74) is 1.46. The molecule has 0 spiro atoms. The van der Waals surface area contributed by atoms with E-state index in [2.05, 4.69) is 10.1 Å². The number of halogens is 3. The fourth-order valence-electron chi connectivity index (χ4n) is 4.38. The van der Waals surface area contributed by atoms with Crippen molar-refractivity contribution in [2.75, 3.05) is 27.3 Å². The molecule has 0 radical (unpaired) electrons. The largest absolute Gasteiger partial charge is 0.416 e. The predicted octanol–water partition coefficient (Wildman–Crippen LogP) is 5.02. The summed E-state index contributed by atoms with van der Waals surface area (Å²) in [4.78, 5) is 19.9. The molecule has 1 atom stereocenters. The number of nitrogens with zero attached hydrogens (tertiary/aromatic N) is 4. The summed E-state index contributed by atoms with van der Waals surface area (Å²) in [6.45, 7) is 2.69. The van der Waals surface area contributed by atoms with Crippen LogP contribution in [0, 0.1) is 0 Å². The van der Waals surface area contributed by atoms with Crippen LogP contribution in [0.2, 0.25) is 0 Å². The summed E-state index contributed by atoms with van der Waals surface area (Å²) in [7, 11) is 3.32. The van der Waals surface area contributed by atoms with Gasteiger partial charge in [-0.15, -0.1) is 0 Å². The number of amides is 1. The number of ether oxygens (including phenoxy) is 1. The van der Waals surface area contributed by atoms with E-state index < -0.39 is 17.2 Å². The minimum Gasteiger partial charge on any atom is -0.383 e. The number of methoxy groups -OCH3 is 1. The van der Waals surface area contributed by atoms with Crippen molar-refractivity contribution >= 4 is 11.6 Å². The molecule has 36 heavy (non-hydrogen) atoms. The van der Waals surface area contributed by atoms with Crippen molar-refractivity contribution in [2.45, 2.75) is 24.9 Å². The van der Waals surface area contributed by atoms with Gasteiger partial charge in [-0.2, -0.15) is 18.3 Å². The van der Waals surface area contributed by atoms with Gasteiger partial charge in [0, 0.05) is 32.5 Å². The van der Waals surface area contributed by atoms with Gasteiger partial charge in [-0.3, -0.25) is 4.79 Å². The third-order valence-corrected chi connectivity index (χ3v) is 6.34. The van der Waals surface area contributed by atoms with E-state index in [-0.39, 0.29) is 5.91 Å². The van der Waals surface area contributed by atoms with Crippen LogP contribution in [-0.4, -0.2) is 52.7 Å². The number of likely N-dealkylation sites (N-methyl/N-ethyl adjacent to an activating group) is 1. The molecule has 6 nitrogen and oxygen atoms in total. The van der Waals surface area contributed by atoms with Gasteiger partial charge in [-0.25, -0.2) is 9.50 Å². The first-order valence-corrected chi connectivity index (χ1v) is 11.4. The molecule has 2 heterocycles. The molecule has 4 aromatic rings. The maximum Gasteiger partial charge on any atom is 0.416 e. The van der Waals surface area contributed by atoms with Crippen molar-refractivity contribution in [3.8, 4) is 11.1 Å². The number of carbonyl (C=O) groups is 1. The molecular formula is C27H27F3N4O2. The molecule has 0 saturated carbocycles. The van der Waals surface area contributed by atoms with Crippen molar-refractivity contribution < 1.29 is 22.7 Å². The predicted molar refractivity (Wildman–Crippen MR) is 130 cm³/mol. The molecule has 0 fully saturated rings. The maximum atomic E-state index is 13.8. The molecular weight excluding hydrogens is 469 g/mol. The molecule has 0 saturated heterocycles. The smallest absolute Gasteiger partial charge is 0.383 e. The average molecular weight is 497 g/mol. The van der Waals surface area contributed by atoms with E-state index in [1.165, 1.54) is 12.1 Å². The first kappa shape index (κ1) is 25.4. The molecule has 0 aliphatic carbocycles. The molecule has 4 rings (SSSR count). The van der Waals surface area contributed by atoms with Crippen LogP contribution in [0.4, 0.5) is 13.2 Å². The van der Waals surface area contributed by atoms with Gasteiger partial charge in [0.15, 0.2) is 5.65 Å². The Kier molecular flexibility index (Phi) is 7.12. The lowest BCUT2D eigenvalue weighted by Crippen LogP contribution is -2.47. The van der Waals surface area contributed by atoms with Crippen LogP contribution in [-0.2, 0) is 27.5 Å². The fourth-order valence-corrected chi connectivity index (χ4v) is 4.38. The van der Waals surface area contributed by atoms with E-state index in [9.17, 15) is 18.0 Å². The van der Waals surface area contributed by atoms with E-state index in [0.29, 0.717) is 42.0 Å². The van der Waals surface area contributed by atoms with Crippen LogP contribution >= 0.6 is 0 Å². The summed E-state index contributed by atoms with van der Waals surface area (Å²) in [6, 6.07) is 16.4. The molecule has 2 aromatic carbocycles. The highest BCUT2D eigenvalue weighted by Crippen LogP contribution is 2.34. The Morgan fingerprint density at radius 3 is 2.39 bits per heavy atom. The molecule has 0 bridgehead atoms. The highest BCUT2D eigenvalue weighted by molar-refractivity contribution is 5.88. The Morgan fingerprint density at radius 2 is 1.75 bits per heavy atom. The second-order valence-electron chi connectivity index (χ2n) is 8.91. The Bertz CT molecular complexity index is 1340. The summed E-state index contributed by atoms with van der Waals surface area (Å²) < 4.78 is 45.8. The molecule has 2 aromatic heterocycles. The van der Waals surface area contributed by atoms with Crippen molar-refractivity contribution in [3.63, 3.8) is 0 Å². The number of rotatable bonds is 8. The van der Waals surface area contributed by atoms with E-state index in [1.807, 2.05) is 37.3 Å². The Hall–Kier alpha value is -3.72. The molecule has 0 N–H and O–H groups in total. The second-order valence-corrected chi connectivity index (χ2v) is 8.91. The Labute approximate surface area is 207 Å². The van der Waals surface area contributed by atoms with Gasteiger partial charge in [0.1, 0.15) is 0 Å². The van der Waals surface area contributed by atoms with E-state index in [0.717, 1.165) is 17.7 Å². The van der Waals surface area contributed by atoms with Gasteiger partial charge >= 0.3 is 6.18 Å². The van der Waals surface area contributed by atoms with E-state index in [1.54, 1.807) is 42.0 Å². The quantitative estimate of drug-likeness (QED) is 0.344. The SMILES string of the molecule is COCCN(C)C(=O)[C@](C)(Cc1ccccc1)c1ccnc2c(-c3ccc(C(F)(F)F)cc3)cnn12. The summed E-state index contributed by atoms with van der Waals surface area (Å²) in [6.07, 6.45) is -0.833. The number of aromatic nitrogens is 3. The van der Waals surface area contributed by atoms with Crippen molar-refractivity contribution in [3.05, 3.63) is 89.9 Å². The van der Waals surface area contributed by atoms with Crippen LogP contribution in [0.25, 0.3) is 16.8 Å². The molecule has 0 unspecified atom stereocenters. The topological polar surface area (TPSA) is 59.7 Å². The summed E-state index contributed by atoms with van der Waals surface area (Å²) in [5.74, 6) is -0.109. The van der Waals surface area contributed by atoms with Gasteiger partial charge in [0.05, 0.1) is 29.5 Å². The fraction of sp³-hybridized carbons (Fsp3) is 0.296. The normalized spacial score (nSPS) is 13.5. The minimum atomic E-state index is -4.42. The van der Waals surface area contributed by atoms with Gasteiger partial charge < -0.3 is 9.64 Å². The first-order valence-electron chi connectivity index (χ1n) is 11.4. The number of hydrogen-bond donors (Lipinski definition) is 0. The number of fused-ring (bicyclic) bond motifs is 1.